The lowest BCUT2D eigenvalue weighted by Gasteiger charge is -2.29. The minimum Gasteiger partial charge on any atom is -0.385 e. The van der Waals surface area contributed by atoms with Crippen molar-refractivity contribution >= 4 is 23.2 Å². The van der Waals surface area contributed by atoms with Crippen molar-refractivity contribution in [1.82, 2.24) is 0 Å². The summed E-state index contributed by atoms with van der Waals surface area (Å²) in [6.45, 7) is 2.90. The summed E-state index contributed by atoms with van der Waals surface area (Å²) in [6, 6.07) is 5.84. The predicted molar refractivity (Wildman–Crippen MR) is 74.1 cm³/mol. The highest BCUT2D eigenvalue weighted by Gasteiger charge is 2.31. The summed E-state index contributed by atoms with van der Waals surface area (Å²) in [5.41, 5.74) is 3.03. The van der Waals surface area contributed by atoms with Gasteiger partial charge in [-0.25, -0.2) is 0 Å². The summed E-state index contributed by atoms with van der Waals surface area (Å²) >= 11 is 0. The Bertz CT molecular complexity index is 521. The first kappa shape index (κ1) is 12.2. The number of imide groups is 1. The number of rotatable bonds is 1. The van der Waals surface area contributed by atoms with E-state index in [4.69, 9.17) is 0 Å². The summed E-state index contributed by atoms with van der Waals surface area (Å²) in [4.78, 5) is 25.5. The van der Waals surface area contributed by atoms with E-state index in [2.05, 4.69) is 5.32 Å². The number of amides is 2. The number of anilines is 2. The Morgan fingerprint density at radius 2 is 1.95 bits per heavy atom. The van der Waals surface area contributed by atoms with E-state index in [-0.39, 0.29) is 17.7 Å². The van der Waals surface area contributed by atoms with E-state index < -0.39 is 0 Å². The molecule has 0 spiro atoms. The Kier molecular flexibility index (Phi) is 3.01. The fraction of sp³-hybridized carbons (Fsp3) is 0.467. The van der Waals surface area contributed by atoms with Gasteiger partial charge in [-0.05, 0) is 36.5 Å². The molecule has 1 aromatic carbocycles. The molecule has 2 aliphatic rings. The van der Waals surface area contributed by atoms with Crippen LogP contribution in [0.5, 0.6) is 0 Å². The first-order valence-electron chi connectivity index (χ1n) is 6.88. The van der Waals surface area contributed by atoms with Gasteiger partial charge in [0.15, 0.2) is 0 Å². The van der Waals surface area contributed by atoms with Crippen LogP contribution in [0.3, 0.4) is 0 Å². The number of hydrogen-bond donors (Lipinski definition) is 1. The van der Waals surface area contributed by atoms with Crippen LogP contribution in [0.15, 0.2) is 18.2 Å². The van der Waals surface area contributed by atoms with Gasteiger partial charge in [-0.15, -0.1) is 0 Å². The van der Waals surface area contributed by atoms with Crippen LogP contribution in [0.4, 0.5) is 11.4 Å². The van der Waals surface area contributed by atoms with Gasteiger partial charge >= 0.3 is 0 Å². The Morgan fingerprint density at radius 1 is 1.21 bits per heavy atom. The second kappa shape index (κ2) is 4.68. The van der Waals surface area contributed by atoms with Crippen molar-refractivity contribution in [3.63, 3.8) is 0 Å². The average molecular weight is 258 g/mol. The van der Waals surface area contributed by atoms with Crippen molar-refractivity contribution in [2.24, 2.45) is 5.92 Å². The highest BCUT2D eigenvalue weighted by atomic mass is 16.2. The van der Waals surface area contributed by atoms with Gasteiger partial charge in [0.25, 0.3) is 0 Å². The molecule has 0 atom stereocenters. The molecular formula is C15H18N2O2. The molecule has 1 saturated heterocycles. The second-order valence-corrected chi connectivity index (χ2v) is 5.51. The number of nitrogens with one attached hydrogen (secondary N) is 1. The van der Waals surface area contributed by atoms with Gasteiger partial charge < -0.3 is 5.32 Å². The zero-order valence-corrected chi connectivity index (χ0v) is 11.1. The number of carbonyl (C=O) groups excluding carboxylic acids is 2. The third kappa shape index (κ3) is 2.23. The number of hydrogen-bond acceptors (Lipinski definition) is 3. The summed E-state index contributed by atoms with van der Waals surface area (Å²) in [5, 5.41) is 3.33. The maximum atomic E-state index is 12.1. The van der Waals surface area contributed by atoms with E-state index in [9.17, 15) is 9.59 Å². The number of piperidine rings is 1. The Morgan fingerprint density at radius 3 is 2.68 bits per heavy atom. The topological polar surface area (TPSA) is 49.4 Å². The molecular weight excluding hydrogens is 240 g/mol. The number of aryl methyl sites for hydroxylation is 1. The Labute approximate surface area is 112 Å². The minimum absolute atomic E-state index is 0.0838. The maximum Gasteiger partial charge on any atom is 0.234 e. The molecule has 1 aromatic rings. The summed E-state index contributed by atoms with van der Waals surface area (Å²) in [5.74, 6) is -0.00831. The quantitative estimate of drug-likeness (QED) is 0.786. The van der Waals surface area contributed by atoms with E-state index in [1.54, 1.807) is 0 Å². The first-order valence-corrected chi connectivity index (χ1v) is 6.88. The van der Waals surface area contributed by atoms with E-state index >= 15 is 0 Å². The molecule has 2 amide bonds. The average Bonchev–Trinajstić information content (AvgIpc) is 2.37. The summed E-state index contributed by atoms with van der Waals surface area (Å²) in [6.07, 6.45) is 3.10. The largest absolute Gasteiger partial charge is 0.385 e. The lowest BCUT2D eigenvalue weighted by atomic mass is 9.96. The monoisotopic (exact) mass is 258 g/mol. The molecule has 1 N–H and O–H groups in total. The van der Waals surface area contributed by atoms with Crippen molar-refractivity contribution in [3.8, 4) is 0 Å². The van der Waals surface area contributed by atoms with E-state index in [0.29, 0.717) is 18.5 Å². The van der Waals surface area contributed by atoms with Gasteiger partial charge in [-0.1, -0.05) is 13.0 Å². The highest BCUT2D eigenvalue weighted by Crippen LogP contribution is 2.30. The van der Waals surface area contributed by atoms with Gasteiger partial charge in [0.05, 0.1) is 5.69 Å². The molecule has 1 fully saturated rings. The second-order valence-electron chi connectivity index (χ2n) is 5.51. The standard InChI is InChI=1S/C15H18N2O2/c1-10-7-14(18)17(15(19)8-10)12-5-4-11-3-2-6-16-13(11)9-12/h4-5,9-10,16H,2-3,6-8H2,1H3. The van der Waals surface area contributed by atoms with Crippen LogP contribution in [0.25, 0.3) is 0 Å². The molecule has 0 saturated carbocycles. The zero-order valence-electron chi connectivity index (χ0n) is 11.1. The van der Waals surface area contributed by atoms with Crippen molar-refractivity contribution in [2.75, 3.05) is 16.8 Å². The molecule has 0 bridgehead atoms. The van der Waals surface area contributed by atoms with E-state index in [1.807, 2.05) is 25.1 Å². The molecule has 3 rings (SSSR count). The van der Waals surface area contributed by atoms with Crippen molar-refractivity contribution in [3.05, 3.63) is 23.8 Å². The predicted octanol–water partition coefficient (Wildman–Crippen LogP) is 2.33. The molecule has 2 heterocycles. The van der Waals surface area contributed by atoms with Crippen LogP contribution in [-0.2, 0) is 16.0 Å². The molecule has 4 heteroatoms. The van der Waals surface area contributed by atoms with Crippen LogP contribution < -0.4 is 10.2 Å². The fourth-order valence-corrected chi connectivity index (χ4v) is 2.87. The molecule has 2 aliphatic heterocycles. The molecule has 0 unspecified atom stereocenters. The lowest BCUT2D eigenvalue weighted by Crippen LogP contribution is -2.42. The molecule has 0 radical (unpaired) electrons. The van der Waals surface area contributed by atoms with Crippen molar-refractivity contribution in [2.45, 2.75) is 32.6 Å². The maximum absolute atomic E-state index is 12.1. The number of nitrogens with zero attached hydrogens (tertiary/aromatic N) is 1. The molecule has 0 aliphatic carbocycles. The Balaban J connectivity index is 1.93. The van der Waals surface area contributed by atoms with E-state index in [1.165, 1.54) is 10.5 Å². The molecule has 100 valence electrons. The minimum atomic E-state index is -0.0838. The van der Waals surface area contributed by atoms with Gasteiger partial charge in [0.1, 0.15) is 0 Å². The van der Waals surface area contributed by atoms with Crippen LogP contribution in [0, 0.1) is 5.92 Å². The smallest absolute Gasteiger partial charge is 0.234 e. The molecule has 4 nitrogen and oxygen atoms in total. The Hall–Kier alpha value is -1.84. The van der Waals surface area contributed by atoms with Crippen LogP contribution in [-0.4, -0.2) is 18.4 Å². The number of benzene rings is 1. The zero-order chi connectivity index (χ0) is 13.4. The third-order valence-electron chi connectivity index (χ3n) is 3.83. The van der Waals surface area contributed by atoms with Crippen molar-refractivity contribution in [1.29, 1.82) is 0 Å². The third-order valence-corrected chi connectivity index (χ3v) is 3.83. The van der Waals surface area contributed by atoms with Gasteiger partial charge in [-0.3, -0.25) is 14.5 Å². The molecule has 0 aromatic heterocycles. The first-order chi connectivity index (χ1) is 9.15. The van der Waals surface area contributed by atoms with Crippen LogP contribution in [0.2, 0.25) is 0 Å². The summed E-state index contributed by atoms with van der Waals surface area (Å²) in [7, 11) is 0. The van der Waals surface area contributed by atoms with Crippen LogP contribution >= 0.6 is 0 Å². The van der Waals surface area contributed by atoms with Gasteiger partial charge in [0.2, 0.25) is 11.8 Å². The van der Waals surface area contributed by atoms with E-state index in [0.717, 1.165) is 25.1 Å². The number of carbonyl (C=O) groups is 2. The fourth-order valence-electron chi connectivity index (χ4n) is 2.87. The molecule has 19 heavy (non-hydrogen) atoms. The van der Waals surface area contributed by atoms with Crippen molar-refractivity contribution < 1.29 is 9.59 Å². The van der Waals surface area contributed by atoms with Gasteiger partial charge in [0, 0.05) is 25.1 Å². The SMILES string of the molecule is CC1CC(=O)N(c2ccc3c(c2)NCCC3)C(=O)C1. The van der Waals surface area contributed by atoms with Crippen LogP contribution in [0.1, 0.15) is 31.7 Å². The lowest BCUT2D eigenvalue weighted by molar-refractivity contribution is -0.130. The summed E-state index contributed by atoms with van der Waals surface area (Å²) < 4.78 is 0. The normalized spacial score (nSPS) is 20.2. The van der Waals surface area contributed by atoms with Gasteiger partial charge in [-0.2, -0.15) is 0 Å². The highest BCUT2D eigenvalue weighted by molar-refractivity contribution is 6.16. The number of fused-ring (bicyclic) bond motifs is 1.